The van der Waals surface area contributed by atoms with Gasteiger partial charge >= 0.3 is 149 Å². The van der Waals surface area contributed by atoms with E-state index in [1.807, 2.05) is 0 Å². The standard InChI is InChI=1S/Ba.Ca.Cu.O.Sr.Tl.6H/q;;+2;-2;;;;;;;;. The van der Waals surface area contributed by atoms with Crippen molar-refractivity contribution in [3.63, 3.8) is 0 Å². The molecule has 6 heteroatoms. The Morgan fingerprint density at radius 1 is 1.00 bits per heavy atom. The molecule has 0 heterocycles. The molecule has 0 bridgehead atoms. The van der Waals surface area contributed by atoms with Crippen LogP contribution in [-0.2, 0) is 22.5 Å². The Kier molecular flexibility index (Phi) is 213. The second-order valence-electron chi connectivity index (χ2n) is 0. The topological polar surface area (TPSA) is 28.5 Å². The van der Waals surface area contributed by atoms with Gasteiger partial charge in [-0.25, -0.2) is 0 Å². The van der Waals surface area contributed by atoms with Gasteiger partial charge in [0.1, 0.15) is 0 Å². The first-order valence-electron chi connectivity index (χ1n) is 0. The number of hydrogen-bond acceptors (Lipinski definition) is 0. The van der Waals surface area contributed by atoms with Gasteiger partial charge in [-0.05, 0) is 0 Å². The summed E-state index contributed by atoms with van der Waals surface area (Å²) in [6, 6.07) is 0. The minimum atomic E-state index is 0. The fraction of sp³-hybridized carbons (Fsp3) is 0. The Morgan fingerprint density at radius 3 is 1.00 bits per heavy atom. The molecule has 0 aliphatic heterocycles. The second-order valence-corrected chi connectivity index (χ2v) is 0. The molecule has 2 radical (unpaired) electrons. The van der Waals surface area contributed by atoms with Gasteiger partial charge in [-0.2, -0.15) is 0 Å². The summed E-state index contributed by atoms with van der Waals surface area (Å²) < 4.78 is 0. The van der Waals surface area contributed by atoms with Crippen LogP contribution in [0, 0.1) is 0 Å². The molecule has 0 aromatic carbocycles. The van der Waals surface area contributed by atoms with Crippen LogP contribution in [0.4, 0.5) is 0 Å². The van der Waals surface area contributed by atoms with Crippen LogP contribution in [0.2, 0.25) is 0 Å². The zero-order chi connectivity index (χ0) is 0. The van der Waals surface area contributed by atoms with Crippen LogP contribution in [0.3, 0.4) is 0 Å². The maximum Gasteiger partial charge on any atom is 0 e. The van der Waals surface area contributed by atoms with Crippen LogP contribution >= 0.6 is 0 Å². The van der Waals surface area contributed by atoms with Crippen LogP contribution in [0.15, 0.2) is 0 Å². The molecule has 6 heavy (non-hydrogen) atoms. The molecule has 32 valence electrons. The molecule has 0 unspecified atom stereocenters. The summed E-state index contributed by atoms with van der Waals surface area (Å²) in [5, 5.41) is 0. The average Bonchev–Trinajstić information content (AvgIpc) is 0. The van der Waals surface area contributed by atoms with Crippen LogP contribution in [-0.4, -0.2) is 159 Å². The van der Waals surface area contributed by atoms with Crippen LogP contribution in [0.5, 0.6) is 0 Å². The maximum absolute atomic E-state index is 0. The molecule has 0 aliphatic carbocycles. The van der Waals surface area contributed by atoms with Crippen molar-refractivity contribution in [2.45, 2.75) is 0 Å². The van der Waals surface area contributed by atoms with E-state index in [4.69, 9.17) is 0 Å². The first-order chi connectivity index (χ1) is 0. The quantitative estimate of drug-likeness (QED) is 0.282. The van der Waals surface area contributed by atoms with Crippen molar-refractivity contribution in [3.8, 4) is 0 Å². The first kappa shape index (κ1) is 41.2. The van der Waals surface area contributed by atoms with Gasteiger partial charge in [-0.3, -0.25) is 0 Å². The SMILES string of the molecule is [BaH2].[CaH2].[Cu+2].[O-2].[SrH2].[Tl]. The Morgan fingerprint density at radius 2 is 1.00 bits per heavy atom. The van der Waals surface area contributed by atoms with E-state index in [9.17, 15) is 0 Å². The Bertz CT molecular complexity index is 15.5. The molecule has 0 saturated carbocycles. The largest absolute Gasteiger partial charge is 0 e. The van der Waals surface area contributed by atoms with Gasteiger partial charge in [0, 0.05) is 27.3 Å². The summed E-state index contributed by atoms with van der Waals surface area (Å²) in [5.74, 6) is 0. The number of rotatable bonds is 0. The zero-order valence-corrected chi connectivity index (χ0v) is 6.72. The summed E-state index contributed by atoms with van der Waals surface area (Å²) in [5.41, 5.74) is 0. The summed E-state index contributed by atoms with van der Waals surface area (Å²) in [4.78, 5) is 0. The molecule has 0 atom stereocenters. The van der Waals surface area contributed by atoms with E-state index in [0.717, 1.165) is 0 Å². The third-order valence-corrected chi connectivity index (χ3v) is 0. The molecule has 0 fully saturated rings. The monoisotopic (exact) mass is 556 g/mol. The molecule has 0 N–H and O–H groups in total. The van der Waals surface area contributed by atoms with Gasteiger partial charge in [0.05, 0.1) is 0 Å². The molecule has 0 rings (SSSR count). The molecule has 0 aliphatic rings. The van der Waals surface area contributed by atoms with Crippen LogP contribution in [0.1, 0.15) is 0 Å². The van der Waals surface area contributed by atoms with Crippen molar-refractivity contribution >= 4 is 159 Å². The molecule has 0 amide bonds. The Labute approximate surface area is 176 Å². The van der Waals surface area contributed by atoms with Crippen molar-refractivity contribution in [1.29, 1.82) is 0 Å². The maximum atomic E-state index is 0. The summed E-state index contributed by atoms with van der Waals surface area (Å²) >= 11 is 0. The fourth-order valence-corrected chi connectivity index (χ4v) is 0. The second kappa shape index (κ2) is 31.0. The third-order valence-electron chi connectivity index (χ3n) is 0. The zero-order valence-electron chi connectivity index (χ0n) is 1.29. The van der Waals surface area contributed by atoms with Crippen molar-refractivity contribution in [3.05, 3.63) is 0 Å². The Balaban J connectivity index is 0. The number of hydrogen-bond donors (Lipinski definition) is 0. The van der Waals surface area contributed by atoms with E-state index >= 15 is 0 Å². The average molecular weight is 555 g/mol. The molecule has 0 aromatic rings. The van der Waals surface area contributed by atoms with Gasteiger partial charge in [-0.15, -0.1) is 0 Å². The van der Waals surface area contributed by atoms with Gasteiger partial charge in [0.25, 0.3) is 0 Å². The van der Waals surface area contributed by atoms with E-state index in [1.165, 1.54) is 0 Å². The molecule has 1 nitrogen and oxygen atoms in total. The fourth-order valence-electron chi connectivity index (χ4n) is 0. The molecule has 0 aromatic heterocycles. The predicted octanol–water partition coefficient (Wildman–Crippen LogP) is -3.25. The van der Waals surface area contributed by atoms with Crippen LogP contribution < -0.4 is 0 Å². The van der Waals surface area contributed by atoms with Gasteiger partial charge < -0.3 is 5.48 Å². The van der Waals surface area contributed by atoms with Crippen LogP contribution in [0.25, 0.3) is 0 Å². The Hall–Kier alpha value is 5.71. The van der Waals surface area contributed by atoms with Crippen molar-refractivity contribution in [1.82, 2.24) is 0 Å². The summed E-state index contributed by atoms with van der Waals surface area (Å²) in [7, 11) is 0. The molecule has 0 saturated heterocycles. The van der Waals surface area contributed by atoms with Crippen molar-refractivity contribution < 1.29 is 22.5 Å². The summed E-state index contributed by atoms with van der Waals surface area (Å²) in [6.45, 7) is 0. The van der Waals surface area contributed by atoms with Gasteiger partial charge in [0.15, 0.2) is 0 Å². The van der Waals surface area contributed by atoms with Crippen molar-refractivity contribution in [2.24, 2.45) is 0 Å². The molecule has 0 spiro atoms. The van der Waals surface area contributed by atoms with Gasteiger partial charge in [0.2, 0.25) is 0 Å². The molecular weight excluding hydrogens is 549 g/mol. The predicted molar refractivity (Wildman–Crippen MR) is 32.1 cm³/mol. The normalized spacial score (nSPS) is 0. The van der Waals surface area contributed by atoms with E-state index in [2.05, 4.69) is 0 Å². The third kappa shape index (κ3) is 22.6. The van der Waals surface area contributed by atoms with E-state index in [-0.39, 0.29) is 182 Å². The minimum Gasteiger partial charge on any atom is 0 e. The molecular formula is H6BaCaCuOSrTl. The van der Waals surface area contributed by atoms with E-state index in [1.54, 1.807) is 0 Å². The van der Waals surface area contributed by atoms with E-state index < -0.39 is 0 Å². The minimum absolute atomic E-state index is 0. The first-order valence-corrected chi connectivity index (χ1v) is 0. The summed E-state index contributed by atoms with van der Waals surface area (Å²) in [6.07, 6.45) is 0. The van der Waals surface area contributed by atoms with E-state index in [0.29, 0.717) is 0 Å². The van der Waals surface area contributed by atoms with Crippen molar-refractivity contribution in [2.75, 3.05) is 0 Å². The van der Waals surface area contributed by atoms with Gasteiger partial charge in [-0.1, -0.05) is 0 Å². The smallest absolute Gasteiger partial charge is 0 e.